The molecule has 0 unspecified atom stereocenters. The molecule has 0 saturated heterocycles. The van der Waals surface area contributed by atoms with Gasteiger partial charge < -0.3 is 9.97 Å². The van der Waals surface area contributed by atoms with Crippen molar-refractivity contribution in [3.8, 4) is 55.6 Å². The molecule has 0 atom stereocenters. The maximum absolute atomic E-state index is 5.47. The van der Waals surface area contributed by atoms with E-state index in [4.69, 9.17) is 9.97 Å². The van der Waals surface area contributed by atoms with Crippen LogP contribution in [0.15, 0.2) is 170 Å². The van der Waals surface area contributed by atoms with Gasteiger partial charge in [0.25, 0.3) is 0 Å². The molecule has 2 N–H and O–H groups in total. The highest BCUT2D eigenvalue weighted by Crippen LogP contribution is 2.41. The van der Waals surface area contributed by atoms with Crippen LogP contribution in [0.5, 0.6) is 0 Å². The lowest BCUT2D eigenvalue weighted by Crippen LogP contribution is -1.91. The summed E-state index contributed by atoms with van der Waals surface area (Å²) in [7, 11) is 0. The van der Waals surface area contributed by atoms with Crippen LogP contribution in [0.25, 0.3) is 102 Å². The van der Waals surface area contributed by atoms with Gasteiger partial charge in [0.1, 0.15) is 0 Å². The van der Waals surface area contributed by atoms with Crippen LogP contribution in [0.3, 0.4) is 0 Å². The number of fused-ring (bicyclic) bond motifs is 8. The van der Waals surface area contributed by atoms with Gasteiger partial charge in [-0.25, -0.2) is 9.97 Å². The lowest BCUT2D eigenvalue weighted by Gasteiger charge is -2.08. The fourth-order valence-corrected chi connectivity index (χ4v) is 7.76. The molecular formula is C50H34N4. The fraction of sp³-hybridized carbons (Fsp3) is 0. The summed E-state index contributed by atoms with van der Waals surface area (Å²) in [5.74, 6) is 0. The van der Waals surface area contributed by atoms with E-state index >= 15 is 0 Å². The van der Waals surface area contributed by atoms with Crippen LogP contribution in [-0.4, -0.2) is 19.9 Å². The van der Waals surface area contributed by atoms with Crippen molar-refractivity contribution >= 4 is 46.4 Å². The first-order valence-electron chi connectivity index (χ1n) is 18.3. The number of hydrogen-bond acceptors (Lipinski definition) is 2. The lowest BCUT2D eigenvalue weighted by atomic mass is 9.98. The first-order valence-corrected chi connectivity index (χ1v) is 18.3. The number of H-pyrrole nitrogens is 2. The van der Waals surface area contributed by atoms with Gasteiger partial charge >= 0.3 is 0 Å². The molecule has 8 aromatic rings. The van der Waals surface area contributed by atoms with E-state index in [0.29, 0.717) is 0 Å². The first-order chi connectivity index (χ1) is 26.8. The molecule has 0 aliphatic carbocycles. The summed E-state index contributed by atoms with van der Waals surface area (Å²) in [6.07, 6.45) is 8.55. The summed E-state index contributed by atoms with van der Waals surface area (Å²) in [5, 5.41) is 0. The SMILES string of the molecule is C1=Cc2nc1c(-c1ccccc1)c1nc(c(-c3ccccc3)c3[nH]c(cc3-c3ccccc3)c(-c3ccccc3)c3ccc([nH]3)c2-c2ccccc2)C=C1. The maximum Gasteiger partial charge on any atom is 0.0738 e. The maximum atomic E-state index is 5.47. The van der Waals surface area contributed by atoms with E-state index in [9.17, 15) is 0 Å². The van der Waals surface area contributed by atoms with Crippen molar-refractivity contribution in [1.82, 2.24) is 19.9 Å². The molecule has 0 saturated carbocycles. The van der Waals surface area contributed by atoms with Crippen LogP contribution in [0.4, 0.5) is 0 Å². The first kappa shape index (κ1) is 31.4. The van der Waals surface area contributed by atoms with Gasteiger partial charge in [-0.05, 0) is 70.3 Å². The van der Waals surface area contributed by atoms with Crippen LogP contribution in [0.2, 0.25) is 0 Å². The number of benzene rings is 5. The van der Waals surface area contributed by atoms with Crippen LogP contribution < -0.4 is 0 Å². The summed E-state index contributed by atoms with van der Waals surface area (Å²) in [4.78, 5) is 18.7. The second-order valence-electron chi connectivity index (χ2n) is 13.5. The van der Waals surface area contributed by atoms with Crippen molar-refractivity contribution in [3.05, 3.63) is 193 Å². The topological polar surface area (TPSA) is 57.4 Å². The van der Waals surface area contributed by atoms with Crippen LogP contribution in [0, 0.1) is 0 Å². The Morgan fingerprint density at radius 3 is 1.17 bits per heavy atom. The van der Waals surface area contributed by atoms with Gasteiger partial charge in [0.2, 0.25) is 0 Å². The van der Waals surface area contributed by atoms with Gasteiger partial charge in [0, 0.05) is 44.4 Å². The number of hydrogen-bond donors (Lipinski definition) is 2. The summed E-state index contributed by atoms with van der Waals surface area (Å²) in [6.45, 7) is 0. The Balaban J connectivity index is 1.45. The zero-order valence-corrected chi connectivity index (χ0v) is 29.4. The van der Waals surface area contributed by atoms with Crippen molar-refractivity contribution in [2.75, 3.05) is 0 Å². The highest BCUT2D eigenvalue weighted by molar-refractivity contribution is 6.04. The van der Waals surface area contributed by atoms with Gasteiger partial charge in [-0.1, -0.05) is 152 Å². The summed E-state index contributed by atoms with van der Waals surface area (Å²) >= 11 is 0. The average molecular weight is 691 g/mol. The monoisotopic (exact) mass is 690 g/mol. The van der Waals surface area contributed by atoms with Gasteiger partial charge in [0.15, 0.2) is 0 Å². The molecule has 0 radical (unpaired) electrons. The molecule has 0 fully saturated rings. The van der Waals surface area contributed by atoms with E-state index in [1.54, 1.807) is 0 Å². The Hall–Kier alpha value is -7.30. The molecule has 0 amide bonds. The Bertz CT molecular complexity index is 2890. The molecule has 2 aliphatic heterocycles. The van der Waals surface area contributed by atoms with Crippen molar-refractivity contribution in [2.45, 2.75) is 0 Å². The van der Waals surface area contributed by atoms with Crippen molar-refractivity contribution in [2.24, 2.45) is 0 Å². The van der Waals surface area contributed by atoms with Gasteiger partial charge in [-0.2, -0.15) is 0 Å². The van der Waals surface area contributed by atoms with Gasteiger partial charge in [-0.3, -0.25) is 0 Å². The third kappa shape index (κ3) is 5.58. The van der Waals surface area contributed by atoms with Crippen LogP contribution >= 0.6 is 0 Å². The highest BCUT2D eigenvalue weighted by Gasteiger charge is 2.21. The van der Waals surface area contributed by atoms with Crippen molar-refractivity contribution in [3.63, 3.8) is 0 Å². The normalized spacial score (nSPS) is 11.9. The van der Waals surface area contributed by atoms with E-state index in [0.717, 1.165) is 100 Å². The molecule has 54 heavy (non-hydrogen) atoms. The number of aromatic nitrogens is 4. The number of rotatable bonds is 5. The third-order valence-electron chi connectivity index (χ3n) is 10.2. The van der Waals surface area contributed by atoms with Gasteiger partial charge in [-0.15, -0.1) is 0 Å². The summed E-state index contributed by atoms with van der Waals surface area (Å²) < 4.78 is 0. The van der Waals surface area contributed by atoms with Crippen molar-refractivity contribution in [1.29, 1.82) is 0 Å². The van der Waals surface area contributed by atoms with E-state index in [1.165, 1.54) is 0 Å². The average Bonchev–Trinajstić information content (AvgIpc) is 4.07. The minimum atomic E-state index is 0.870. The number of aromatic amines is 2. The summed E-state index contributed by atoms with van der Waals surface area (Å²) in [6, 6.07) is 59.5. The molecule has 5 aromatic carbocycles. The quantitative estimate of drug-likeness (QED) is 0.189. The molecule has 4 heteroatoms. The van der Waals surface area contributed by atoms with Crippen LogP contribution in [-0.2, 0) is 0 Å². The highest BCUT2D eigenvalue weighted by atomic mass is 14.8. The van der Waals surface area contributed by atoms with E-state index in [2.05, 4.69) is 198 Å². The predicted molar refractivity (Wildman–Crippen MR) is 226 cm³/mol. The second kappa shape index (κ2) is 13.4. The Kier molecular flexibility index (Phi) is 7.77. The smallest absolute Gasteiger partial charge is 0.0738 e. The fourth-order valence-electron chi connectivity index (χ4n) is 7.76. The molecule has 8 bridgehead atoms. The van der Waals surface area contributed by atoms with Crippen molar-refractivity contribution < 1.29 is 0 Å². The summed E-state index contributed by atoms with van der Waals surface area (Å²) in [5.41, 5.74) is 18.2. The molecule has 2 aliphatic rings. The Morgan fingerprint density at radius 2 is 0.667 bits per heavy atom. The molecule has 5 heterocycles. The molecule has 254 valence electrons. The zero-order chi connectivity index (χ0) is 35.8. The molecule has 10 rings (SSSR count). The molecule has 3 aromatic heterocycles. The number of nitrogens with one attached hydrogen (secondary N) is 2. The second-order valence-corrected chi connectivity index (χ2v) is 13.5. The molecular weight excluding hydrogens is 657 g/mol. The predicted octanol–water partition coefficient (Wildman–Crippen LogP) is 13.0. The van der Waals surface area contributed by atoms with Crippen LogP contribution in [0.1, 0.15) is 22.8 Å². The molecule has 4 nitrogen and oxygen atoms in total. The van der Waals surface area contributed by atoms with E-state index < -0.39 is 0 Å². The minimum absolute atomic E-state index is 0.870. The minimum Gasteiger partial charge on any atom is -0.354 e. The largest absolute Gasteiger partial charge is 0.354 e. The van der Waals surface area contributed by atoms with E-state index in [-0.39, 0.29) is 0 Å². The Labute approximate surface area is 313 Å². The molecule has 0 spiro atoms. The number of nitrogens with zero attached hydrogens (tertiary/aromatic N) is 2. The zero-order valence-electron chi connectivity index (χ0n) is 29.4. The standard InChI is InChI=1S/C50H34N4/c1-6-16-33(17-7-1)38-32-45-48(36-22-12-4-13-23-36)43-29-28-41(52-43)46(34-18-8-2-9-19-34)39-26-27-40(51-39)47(35-20-10-3-11-21-35)42-30-31-44(53-42)49(50(38)54-45)37-24-14-5-15-25-37/h1-32,52,54H. The Morgan fingerprint density at radius 1 is 0.296 bits per heavy atom. The lowest BCUT2D eigenvalue weighted by molar-refractivity contribution is 1.28. The third-order valence-corrected chi connectivity index (χ3v) is 10.2. The van der Waals surface area contributed by atoms with E-state index in [1.807, 2.05) is 6.07 Å². The van der Waals surface area contributed by atoms with Gasteiger partial charge in [0.05, 0.1) is 28.3 Å².